The molecule has 17 heavy (non-hydrogen) atoms. The third kappa shape index (κ3) is 4.06. The molecule has 0 saturated heterocycles. The number of aromatic nitrogens is 2. The zero-order valence-corrected chi connectivity index (χ0v) is 10.6. The summed E-state index contributed by atoms with van der Waals surface area (Å²) in [5.41, 5.74) is 6.71. The summed E-state index contributed by atoms with van der Waals surface area (Å²) in [6.45, 7) is 1.99. The summed E-state index contributed by atoms with van der Waals surface area (Å²) in [5, 5.41) is 8.92. The van der Waals surface area contributed by atoms with Gasteiger partial charge in [0.25, 0.3) is 5.91 Å². The van der Waals surface area contributed by atoms with Gasteiger partial charge in [0.2, 0.25) is 0 Å². The molecule has 0 atom stereocenters. The van der Waals surface area contributed by atoms with Crippen LogP contribution < -0.4 is 11.1 Å². The van der Waals surface area contributed by atoms with Crippen LogP contribution in [0.4, 0.5) is 5.69 Å². The summed E-state index contributed by atoms with van der Waals surface area (Å²) in [6.07, 6.45) is 1.53. The van der Waals surface area contributed by atoms with E-state index in [1.54, 1.807) is 6.92 Å². The van der Waals surface area contributed by atoms with Gasteiger partial charge in [-0.3, -0.25) is 9.89 Å². The van der Waals surface area contributed by atoms with Crippen LogP contribution in [-0.4, -0.2) is 43.1 Å². The minimum absolute atomic E-state index is 0.0440. The van der Waals surface area contributed by atoms with Crippen molar-refractivity contribution in [3.63, 3.8) is 0 Å². The molecule has 1 rings (SSSR count). The molecular weight excluding hydrogens is 244 g/mol. The van der Waals surface area contributed by atoms with Gasteiger partial charge in [-0.05, 0) is 13.3 Å². The molecule has 0 bridgehead atoms. The van der Waals surface area contributed by atoms with Crippen molar-refractivity contribution in [1.82, 2.24) is 15.5 Å². The number of sulfone groups is 1. The first kappa shape index (κ1) is 13.5. The summed E-state index contributed by atoms with van der Waals surface area (Å²) in [7, 11) is -2.99. The Morgan fingerprint density at radius 1 is 1.53 bits per heavy atom. The van der Waals surface area contributed by atoms with Crippen LogP contribution in [0.15, 0.2) is 0 Å². The van der Waals surface area contributed by atoms with Crippen LogP contribution in [-0.2, 0) is 9.84 Å². The Labute approximate surface area is 99.7 Å². The number of amides is 1. The highest BCUT2D eigenvalue weighted by Gasteiger charge is 2.14. The quantitative estimate of drug-likeness (QED) is 0.615. The Kier molecular flexibility index (Phi) is 4.11. The third-order valence-corrected chi connectivity index (χ3v) is 3.22. The number of hydrogen-bond acceptors (Lipinski definition) is 5. The normalized spacial score (nSPS) is 11.4. The number of nitrogen functional groups attached to an aromatic ring is 1. The van der Waals surface area contributed by atoms with E-state index in [1.807, 2.05) is 0 Å². The van der Waals surface area contributed by atoms with Gasteiger partial charge in [-0.1, -0.05) is 0 Å². The molecule has 7 nitrogen and oxygen atoms in total. The molecule has 0 spiro atoms. The molecule has 0 fully saturated rings. The van der Waals surface area contributed by atoms with Crippen molar-refractivity contribution in [3.05, 3.63) is 11.4 Å². The second-order valence-corrected chi connectivity index (χ2v) is 6.11. The van der Waals surface area contributed by atoms with Gasteiger partial charge in [0, 0.05) is 12.8 Å². The SMILES string of the molecule is Cc1[nH]nc(C(=O)NCCCS(C)(=O)=O)c1N. The maximum Gasteiger partial charge on any atom is 0.273 e. The van der Waals surface area contributed by atoms with Gasteiger partial charge in [0.1, 0.15) is 9.84 Å². The number of aromatic amines is 1. The van der Waals surface area contributed by atoms with Crippen molar-refractivity contribution < 1.29 is 13.2 Å². The van der Waals surface area contributed by atoms with Crippen molar-refractivity contribution in [3.8, 4) is 0 Å². The van der Waals surface area contributed by atoms with E-state index < -0.39 is 15.7 Å². The highest BCUT2D eigenvalue weighted by molar-refractivity contribution is 7.90. The van der Waals surface area contributed by atoms with Gasteiger partial charge in [0.15, 0.2) is 5.69 Å². The smallest absolute Gasteiger partial charge is 0.273 e. The van der Waals surface area contributed by atoms with E-state index in [0.29, 0.717) is 17.8 Å². The average molecular weight is 260 g/mol. The summed E-state index contributed by atoms with van der Waals surface area (Å²) in [4.78, 5) is 11.6. The number of nitrogens with zero attached hydrogens (tertiary/aromatic N) is 1. The highest BCUT2D eigenvalue weighted by Crippen LogP contribution is 2.11. The molecule has 0 saturated carbocycles. The van der Waals surface area contributed by atoms with Crippen molar-refractivity contribution in [1.29, 1.82) is 0 Å². The molecule has 0 unspecified atom stereocenters. The number of aryl methyl sites for hydroxylation is 1. The Bertz CT molecular complexity index is 506. The third-order valence-electron chi connectivity index (χ3n) is 2.19. The van der Waals surface area contributed by atoms with Crippen LogP contribution in [0.1, 0.15) is 22.6 Å². The number of anilines is 1. The van der Waals surface area contributed by atoms with Crippen LogP contribution in [0.2, 0.25) is 0 Å². The second-order valence-electron chi connectivity index (χ2n) is 3.85. The minimum atomic E-state index is -2.99. The maximum atomic E-state index is 11.6. The van der Waals surface area contributed by atoms with Crippen LogP contribution in [0.5, 0.6) is 0 Å². The molecule has 4 N–H and O–H groups in total. The van der Waals surface area contributed by atoms with E-state index in [4.69, 9.17) is 5.73 Å². The number of carbonyl (C=O) groups excluding carboxylic acids is 1. The molecular formula is C9H16N4O3S. The van der Waals surface area contributed by atoms with E-state index in [2.05, 4.69) is 15.5 Å². The predicted molar refractivity (Wildman–Crippen MR) is 64.4 cm³/mol. The molecule has 1 amide bonds. The van der Waals surface area contributed by atoms with Crippen LogP contribution >= 0.6 is 0 Å². The summed E-state index contributed by atoms with van der Waals surface area (Å²) in [6, 6.07) is 0. The lowest BCUT2D eigenvalue weighted by Gasteiger charge is -2.03. The van der Waals surface area contributed by atoms with Gasteiger partial charge in [-0.15, -0.1) is 0 Å². The van der Waals surface area contributed by atoms with Crippen molar-refractivity contribution in [2.24, 2.45) is 0 Å². The van der Waals surface area contributed by atoms with Crippen LogP contribution in [0, 0.1) is 6.92 Å². The molecule has 0 radical (unpaired) electrons. The summed E-state index contributed by atoms with van der Waals surface area (Å²) in [5.74, 6) is -0.358. The lowest BCUT2D eigenvalue weighted by molar-refractivity contribution is 0.0949. The number of carbonyl (C=O) groups is 1. The lowest BCUT2D eigenvalue weighted by atomic mass is 10.3. The monoisotopic (exact) mass is 260 g/mol. The predicted octanol–water partition coefficient (Wildman–Crippen LogP) is -0.535. The van der Waals surface area contributed by atoms with Crippen LogP contribution in [0.3, 0.4) is 0 Å². The van der Waals surface area contributed by atoms with E-state index in [1.165, 1.54) is 0 Å². The van der Waals surface area contributed by atoms with Gasteiger partial charge < -0.3 is 11.1 Å². The fraction of sp³-hybridized carbons (Fsp3) is 0.556. The van der Waals surface area contributed by atoms with Gasteiger partial charge in [-0.2, -0.15) is 5.10 Å². The number of H-pyrrole nitrogens is 1. The zero-order valence-electron chi connectivity index (χ0n) is 9.78. The molecule has 96 valence electrons. The fourth-order valence-corrected chi connectivity index (χ4v) is 1.90. The fourth-order valence-electron chi connectivity index (χ4n) is 1.23. The van der Waals surface area contributed by atoms with E-state index in [0.717, 1.165) is 6.26 Å². The zero-order chi connectivity index (χ0) is 13.1. The molecule has 0 aliphatic heterocycles. The molecule has 1 heterocycles. The maximum absolute atomic E-state index is 11.6. The van der Waals surface area contributed by atoms with Gasteiger partial charge in [0.05, 0.1) is 17.1 Å². The molecule has 1 aromatic rings. The lowest BCUT2D eigenvalue weighted by Crippen LogP contribution is -2.26. The van der Waals surface area contributed by atoms with Crippen molar-refractivity contribution in [2.75, 3.05) is 24.3 Å². The van der Waals surface area contributed by atoms with Gasteiger partial charge in [-0.25, -0.2) is 8.42 Å². The Morgan fingerprint density at radius 2 is 2.18 bits per heavy atom. The topological polar surface area (TPSA) is 118 Å². The molecule has 1 aromatic heterocycles. The first-order valence-electron chi connectivity index (χ1n) is 5.07. The second kappa shape index (κ2) is 5.17. The Hall–Kier alpha value is -1.57. The summed E-state index contributed by atoms with van der Waals surface area (Å²) >= 11 is 0. The first-order valence-corrected chi connectivity index (χ1v) is 7.13. The van der Waals surface area contributed by atoms with Crippen LogP contribution in [0.25, 0.3) is 0 Å². The standard InChI is InChI=1S/C9H16N4O3S/c1-6-7(10)8(13-12-6)9(14)11-4-3-5-17(2,15)16/h3-5,10H2,1-2H3,(H,11,14)(H,12,13). The van der Waals surface area contributed by atoms with Crippen molar-refractivity contribution >= 4 is 21.4 Å². The van der Waals surface area contributed by atoms with E-state index in [-0.39, 0.29) is 18.0 Å². The number of hydrogen-bond donors (Lipinski definition) is 3. The summed E-state index contributed by atoms with van der Waals surface area (Å²) < 4.78 is 21.7. The van der Waals surface area contributed by atoms with Gasteiger partial charge >= 0.3 is 0 Å². The molecule has 0 aliphatic carbocycles. The first-order chi connectivity index (χ1) is 7.81. The molecule has 0 aromatic carbocycles. The van der Waals surface area contributed by atoms with Crippen molar-refractivity contribution in [2.45, 2.75) is 13.3 Å². The van der Waals surface area contributed by atoms with E-state index in [9.17, 15) is 13.2 Å². The largest absolute Gasteiger partial charge is 0.395 e. The highest BCUT2D eigenvalue weighted by atomic mass is 32.2. The average Bonchev–Trinajstić information content (AvgIpc) is 2.53. The Morgan fingerprint density at radius 3 is 2.65 bits per heavy atom. The minimum Gasteiger partial charge on any atom is -0.395 e. The Balaban J connectivity index is 2.43. The number of rotatable bonds is 5. The molecule has 0 aliphatic rings. The molecule has 8 heteroatoms. The van der Waals surface area contributed by atoms with E-state index >= 15 is 0 Å². The number of nitrogens with two attached hydrogens (primary N) is 1. The number of nitrogens with one attached hydrogen (secondary N) is 2.